The molecule has 0 aromatic heterocycles. The van der Waals surface area contributed by atoms with Crippen LogP contribution in [0.4, 0.5) is 5.69 Å². The molecule has 1 N–H and O–H groups in total. The lowest BCUT2D eigenvalue weighted by Crippen LogP contribution is -2.50. The quantitative estimate of drug-likeness (QED) is 0.766. The van der Waals surface area contributed by atoms with Gasteiger partial charge in [-0.1, -0.05) is 12.1 Å². The van der Waals surface area contributed by atoms with Crippen molar-refractivity contribution in [2.45, 2.75) is 17.9 Å². The topological polar surface area (TPSA) is 105 Å². The van der Waals surface area contributed by atoms with Crippen LogP contribution in [0.25, 0.3) is 0 Å². The predicted octanol–water partition coefficient (Wildman–Crippen LogP) is 1.56. The number of amides is 2. The predicted molar refractivity (Wildman–Crippen MR) is 113 cm³/mol. The van der Waals surface area contributed by atoms with Crippen LogP contribution in [-0.2, 0) is 14.8 Å². The fourth-order valence-electron chi connectivity index (χ4n) is 3.62. The van der Waals surface area contributed by atoms with E-state index in [0.717, 1.165) is 0 Å². The van der Waals surface area contributed by atoms with Crippen LogP contribution < -0.4 is 14.8 Å². The maximum Gasteiger partial charge on any atom is 0.265 e. The molecule has 0 saturated carbocycles. The lowest BCUT2D eigenvalue weighted by atomic mass is 10.1. The summed E-state index contributed by atoms with van der Waals surface area (Å²) >= 11 is 0. The molecule has 1 atom stereocenters. The molecule has 2 aromatic rings. The molecule has 1 saturated heterocycles. The smallest absolute Gasteiger partial charge is 0.265 e. The molecule has 164 valence electrons. The average Bonchev–Trinajstić information content (AvgIpc) is 2.79. The van der Waals surface area contributed by atoms with Crippen molar-refractivity contribution in [3.63, 3.8) is 0 Å². The van der Waals surface area contributed by atoms with E-state index in [4.69, 9.17) is 9.47 Å². The highest BCUT2D eigenvalue weighted by Gasteiger charge is 2.32. The van der Waals surface area contributed by atoms with E-state index in [0.29, 0.717) is 22.7 Å². The fourth-order valence-corrected chi connectivity index (χ4v) is 5.07. The van der Waals surface area contributed by atoms with E-state index in [9.17, 15) is 18.0 Å². The first kappa shape index (κ1) is 21.1. The fraction of sp³-hybridized carbons (Fsp3) is 0.333. The number of methoxy groups -OCH3 is 1. The molecule has 0 radical (unpaired) electrons. The van der Waals surface area contributed by atoms with Crippen molar-refractivity contribution in [3.05, 3.63) is 48.0 Å². The number of benzene rings is 2. The Labute approximate surface area is 180 Å². The summed E-state index contributed by atoms with van der Waals surface area (Å²) in [6, 6.07) is 11.4. The second-order valence-electron chi connectivity index (χ2n) is 7.30. The van der Waals surface area contributed by atoms with E-state index < -0.39 is 16.1 Å². The van der Waals surface area contributed by atoms with Gasteiger partial charge in [-0.3, -0.25) is 9.59 Å². The number of fused-ring (bicyclic) bond motifs is 1. The Kier molecular flexibility index (Phi) is 5.59. The number of ether oxygens (including phenoxy) is 2. The van der Waals surface area contributed by atoms with Gasteiger partial charge in [0.15, 0.2) is 6.10 Å². The Hall–Kier alpha value is -3.11. The molecule has 10 heteroatoms. The lowest BCUT2D eigenvalue weighted by molar-refractivity contribution is -0.122. The number of carbonyl (C=O) groups is 2. The summed E-state index contributed by atoms with van der Waals surface area (Å²) in [4.78, 5) is 26.4. The van der Waals surface area contributed by atoms with Gasteiger partial charge in [0.25, 0.3) is 11.8 Å². The molecule has 0 spiro atoms. The number of hydrogen-bond donors (Lipinski definition) is 1. The number of sulfonamides is 1. The molecule has 9 nitrogen and oxygen atoms in total. The summed E-state index contributed by atoms with van der Waals surface area (Å²) in [5.74, 6) is 0.385. The Morgan fingerprint density at radius 3 is 2.55 bits per heavy atom. The number of piperazine rings is 1. The molecule has 2 aliphatic rings. The van der Waals surface area contributed by atoms with Gasteiger partial charge < -0.3 is 19.7 Å². The molecule has 31 heavy (non-hydrogen) atoms. The van der Waals surface area contributed by atoms with Crippen LogP contribution in [0.3, 0.4) is 0 Å². The first-order valence-corrected chi connectivity index (χ1v) is 11.3. The maximum atomic E-state index is 13.1. The Morgan fingerprint density at radius 2 is 1.84 bits per heavy atom. The molecule has 2 aliphatic heterocycles. The third-order valence-electron chi connectivity index (χ3n) is 5.38. The van der Waals surface area contributed by atoms with E-state index >= 15 is 0 Å². The van der Waals surface area contributed by atoms with Crippen molar-refractivity contribution < 1.29 is 27.5 Å². The Balaban J connectivity index is 1.48. The number of nitrogens with zero attached hydrogens (tertiary/aromatic N) is 2. The minimum atomic E-state index is -3.79. The van der Waals surface area contributed by atoms with E-state index in [1.54, 1.807) is 42.2 Å². The van der Waals surface area contributed by atoms with Crippen LogP contribution in [0.15, 0.2) is 47.4 Å². The summed E-state index contributed by atoms with van der Waals surface area (Å²) in [5, 5.41) is 2.66. The van der Waals surface area contributed by atoms with Crippen LogP contribution in [0.2, 0.25) is 0 Å². The van der Waals surface area contributed by atoms with Gasteiger partial charge in [0.2, 0.25) is 10.0 Å². The summed E-state index contributed by atoms with van der Waals surface area (Å²) in [6.45, 7) is 2.48. The van der Waals surface area contributed by atoms with E-state index in [2.05, 4.69) is 5.32 Å². The third-order valence-corrected chi connectivity index (χ3v) is 7.28. The van der Waals surface area contributed by atoms with Gasteiger partial charge >= 0.3 is 0 Å². The van der Waals surface area contributed by atoms with Crippen molar-refractivity contribution in [1.29, 1.82) is 0 Å². The van der Waals surface area contributed by atoms with Gasteiger partial charge in [0.05, 0.1) is 23.3 Å². The zero-order valence-corrected chi connectivity index (χ0v) is 18.0. The minimum absolute atomic E-state index is 0.0641. The van der Waals surface area contributed by atoms with Crippen LogP contribution in [0.5, 0.6) is 11.5 Å². The summed E-state index contributed by atoms with van der Waals surface area (Å²) in [6.07, 6.45) is -0.635. The van der Waals surface area contributed by atoms with Crippen molar-refractivity contribution >= 4 is 27.5 Å². The third kappa shape index (κ3) is 3.96. The number of nitrogens with one attached hydrogen (secondary N) is 1. The normalized spacial score (nSPS) is 19.2. The van der Waals surface area contributed by atoms with E-state index in [-0.39, 0.29) is 42.9 Å². The largest absolute Gasteiger partial charge is 0.496 e. The van der Waals surface area contributed by atoms with Gasteiger partial charge in [0.1, 0.15) is 11.5 Å². The molecular formula is C21H23N3O6S. The van der Waals surface area contributed by atoms with Gasteiger partial charge in [-0.2, -0.15) is 4.31 Å². The number of hydrogen-bond acceptors (Lipinski definition) is 6. The van der Waals surface area contributed by atoms with Crippen molar-refractivity contribution in [1.82, 2.24) is 9.21 Å². The summed E-state index contributed by atoms with van der Waals surface area (Å²) in [5.41, 5.74) is 0.773. The summed E-state index contributed by atoms with van der Waals surface area (Å²) < 4.78 is 38.3. The lowest BCUT2D eigenvalue weighted by Gasteiger charge is -2.34. The number of rotatable bonds is 4. The molecule has 2 heterocycles. The molecule has 0 bridgehead atoms. The zero-order valence-electron chi connectivity index (χ0n) is 17.2. The molecule has 4 rings (SSSR count). The van der Waals surface area contributed by atoms with Crippen molar-refractivity contribution in [3.8, 4) is 11.5 Å². The highest BCUT2D eigenvalue weighted by atomic mass is 32.2. The maximum absolute atomic E-state index is 13.1. The number of para-hydroxylation sites is 1. The number of anilines is 1. The molecular weight excluding hydrogens is 422 g/mol. The molecule has 1 fully saturated rings. The second kappa shape index (κ2) is 8.20. The van der Waals surface area contributed by atoms with Crippen LogP contribution in [0.1, 0.15) is 17.3 Å². The van der Waals surface area contributed by atoms with Crippen LogP contribution >= 0.6 is 0 Å². The molecule has 2 aromatic carbocycles. The Bertz CT molecular complexity index is 1130. The minimum Gasteiger partial charge on any atom is -0.496 e. The zero-order chi connectivity index (χ0) is 22.2. The highest BCUT2D eigenvalue weighted by Crippen LogP contribution is 2.33. The highest BCUT2D eigenvalue weighted by molar-refractivity contribution is 7.89. The van der Waals surface area contributed by atoms with Crippen LogP contribution in [-0.4, -0.2) is 68.8 Å². The Morgan fingerprint density at radius 1 is 1.13 bits per heavy atom. The SMILES string of the molecule is COc1ccccc1C(=O)N1CCN(S(=O)(=O)c2ccc3c(c2)NC(=O)C(C)O3)CC1. The average molecular weight is 445 g/mol. The van der Waals surface area contributed by atoms with E-state index in [1.807, 2.05) is 0 Å². The summed E-state index contributed by atoms with van der Waals surface area (Å²) in [7, 11) is -2.29. The van der Waals surface area contributed by atoms with Crippen molar-refractivity contribution in [2.75, 3.05) is 38.6 Å². The van der Waals surface area contributed by atoms with Crippen molar-refractivity contribution in [2.24, 2.45) is 0 Å². The van der Waals surface area contributed by atoms with Gasteiger partial charge in [-0.25, -0.2) is 8.42 Å². The van der Waals surface area contributed by atoms with Crippen LogP contribution in [0, 0.1) is 0 Å². The van der Waals surface area contributed by atoms with Gasteiger partial charge in [-0.05, 0) is 37.3 Å². The molecule has 1 unspecified atom stereocenters. The second-order valence-corrected chi connectivity index (χ2v) is 9.24. The van der Waals surface area contributed by atoms with Gasteiger partial charge in [0, 0.05) is 26.2 Å². The van der Waals surface area contributed by atoms with Gasteiger partial charge in [-0.15, -0.1) is 0 Å². The standard InChI is InChI=1S/C21H23N3O6S/c1-14-20(25)22-17-13-15(7-8-19(17)30-14)31(27,28)24-11-9-23(10-12-24)21(26)16-5-3-4-6-18(16)29-2/h3-8,13-14H,9-12H2,1-2H3,(H,22,25). The first-order chi connectivity index (χ1) is 14.8. The monoisotopic (exact) mass is 445 g/mol. The molecule has 0 aliphatic carbocycles. The first-order valence-electron chi connectivity index (χ1n) is 9.85. The van der Waals surface area contributed by atoms with E-state index in [1.165, 1.54) is 23.5 Å². The molecule has 2 amide bonds. The number of carbonyl (C=O) groups excluding carboxylic acids is 2.